The number of amides is 2. The van der Waals surface area contributed by atoms with Crippen LogP contribution in [0, 0.1) is 5.92 Å². The van der Waals surface area contributed by atoms with Crippen molar-refractivity contribution in [1.82, 2.24) is 10.2 Å². The van der Waals surface area contributed by atoms with Crippen molar-refractivity contribution in [3.05, 3.63) is 0 Å². The molecule has 1 saturated heterocycles. The van der Waals surface area contributed by atoms with Gasteiger partial charge in [0.1, 0.15) is 0 Å². The monoisotopic (exact) mass is 213 g/mol. The molecule has 0 aromatic rings. The lowest BCUT2D eigenvalue weighted by Crippen LogP contribution is -2.47. The summed E-state index contributed by atoms with van der Waals surface area (Å²) in [5.74, 6) is 0.735. The van der Waals surface area contributed by atoms with Gasteiger partial charge < -0.3 is 16.0 Å². The van der Waals surface area contributed by atoms with E-state index in [0.717, 1.165) is 38.4 Å². The van der Waals surface area contributed by atoms with Crippen LogP contribution in [0.15, 0.2) is 0 Å². The van der Waals surface area contributed by atoms with Crippen molar-refractivity contribution in [2.75, 3.05) is 19.6 Å². The molecule has 1 rings (SSSR count). The third-order valence-corrected chi connectivity index (χ3v) is 3.26. The smallest absolute Gasteiger partial charge is 0.314 e. The number of nitrogens with one attached hydrogen (secondary N) is 1. The van der Waals surface area contributed by atoms with Crippen LogP contribution < -0.4 is 11.1 Å². The van der Waals surface area contributed by atoms with Crippen molar-refractivity contribution in [3.8, 4) is 0 Å². The van der Waals surface area contributed by atoms with Gasteiger partial charge in [0.15, 0.2) is 0 Å². The summed E-state index contributed by atoms with van der Waals surface area (Å²) in [5.41, 5.74) is 5.22. The Balaban J connectivity index is 2.17. The minimum atomic E-state index is -0.282. The summed E-state index contributed by atoms with van der Waals surface area (Å²) >= 11 is 0. The van der Waals surface area contributed by atoms with E-state index in [1.807, 2.05) is 0 Å². The van der Waals surface area contributed by atoms with Crippen LogP contribution in [0.1, 0.15) is 33.1 Å². The summed E-state index contributed by atoms with van der Waals surface area (Å²) in [5, 5.41) is 3.55. The van der Waals surface area contributed by atoms with Crippen LogP contribution in [-0.2, 0) is 0 Å². The first-order valence-corrected chi connectivity index (χ1v) is 5.91. The molecule has 0 aromatic heterocycles. The van der Waals surface area contributed by atoms with Crippen LogP contribution in [0.5, 0.6) is 0 Å². The Morgan fingerprint density at radius 1 is 1.53 bits per heavy atom. The minimum absolute atomic E-state index is 0.282. The number of primary amides is 1. The lowest BCUT2D eigenvalue weighted by atomic mass is 10.0. The van der Waals surface area contributed by atoms with E-state index >= 15 is 0 Å². The fourth-order valence-electron chi connectivity index (χ4n) is 1.82. The molecule has 0 bridgehead atoms. The van der Waals surface area contributed by atoms with Crippen molar-refractivity contribution >= 4 is 6.03 Å². The number of nitrogens with zero attached hydrogens (tertiary/aromatic N) is 1. The van der Waals surface area contributed by atoms with E-state index in [1.54, 1.807) is 4.90 Å². The van der Waals surface area contributed by atoms with Crippen molar-refractivity contribution in [2.24, 2.45) is 11.7 Å². The summed E-state index contributed by atoms with van der Waals surface area (Å²) in [4.78, 5) is 12.6. The maximum atomic E-state index is 10.9. The largest absolute Gasteiger partial charge is 0.351 e. The van der Waals surface area contributed by atoms with E-state index in [0.29, 0.717) is 6.04 Å². The fourth-order valence-corrected chi connectivity index (χ4v) is 1.82. The van der Waals surface area contributed by atoms with Crippen LogP contribution in [0.2, 0.25) is 0 Å². The van der Waals surface area contributed by atoms with E-state index < -0.39 is 0 Å². The number of urea groups is 1. The predicted octanol–water partition coefficient (Wildman–Crippen LogP) is 1.17. The summed E-state index contributed by atoms with van der Waals surface area (Å²) in [6.07, 6.45) is 3.27. The molecule has 1 aliphatic heterocycles. The molecule has 15 heavy (non-hydrogen) atoms. The second kappa shape index (κ2) is 5.95. The molecule has 0 radical (unpaired) electrons. The highest BCUT2D eigenvalue weighted by molar-refractivity contribution is 5.72. The minimum Gasteiger partial charge on any atom is -0.351 e. The summed E-state index contributed by atoms with van der Waals surface area (Å²) < 4.78 is 0. The van der Waals surface area contributed by atoms with Crippen molar-refractivity contribution in [3.63, 3.8) is 0 Å². The highest BCUT2D eigenvalue weighted by atomic mass is 16.2. The van der Waals surface area contributed by atoms with Gasteiger partial charge in [-0.2, -0.15) is 0 Å². The van der Waals surface area contributed by atoms with Crippen molar-refractivity contribution in [1.29, 1.82) is 0 Å². The lowest BCUT2D eigenvalue weighted by Gasteiger charge is -2.31. The fraction of sp³-hybridized carbons (Fsp3) is 0.909. The molecule has 0 saturated carbocycles. The molecule has 2 amide bonds. The Morgan fingerprint density at radius 3 is 2.60 bits per heavy atom. The summed E-state index contributed by atoms with van der Waals surface area (Å²) in [6.45, 7) is 7.15. The van der Waals surface area contributed by atoms with Gasteiger partial charge in [0.25, 0.3) is 0 Å². The van der Waals surface area contributed by atoms with Gasteiger partial charge in [0, 0.05) is 19.1 Å². The molecule has 4 heteroatoms. The number of likely N-dealkylation sites (tertiary alicyclic amines) is 1. The standard InChI is InChI=1S/C11H23N3O/c1-3-9(2)8-13-10-4-6-14(7-5-10)11(12)15/h9-10,13H,3-8H2,1-2H3,(H2,12,15). The zero-order valence-corrected chi connectivity index (χ0v) is 9.83. The van der Waals surface area contributed by atoms with Crippen LogP contribution in [-0.4, -0.2) is 36.6 Å². The second-order valence-corrected chi connectivity index (χ2v) is 4.52. The van der Waals surface area contributed by atoms with Crippen LogP contribution in [0.3, 0.4) is 0 Å². The molecule has 0 aromatic carbocycles. The molecular formula is C11H23N3O. The average molecular weight is 213 g/mol. The van der Waals surface area contributed by atoms with Gasteiger partial charge >= 0.3 is 6.03 Å². The first-order chi connectivity index (χ1) is 7.13. The quantitative estimate of drug-likeness (QED) is 0.736. The first kappa shape index (κ1) is 12.3. The second-order valence-electron chi connectivity index (χ2n) is 4.52. The molecule has 1 atom stereocenters. The van der Waals surface area contributed by atoms with E-state index in [4.69, 9.17) is 5.73 Å². The normalized spacial score (nSPS) is 20.3. The average Bonchev–Trinajstić information content (AvgIpc) is 2.26. The summed E-state index contributed by atoms with van der Waals surface area (Å²) in [7, 11) is 0. The van der Waals surface area contributed by atoms with Gasteiger partial charge in [-0.25, -0.2) is 4.79 Å². The maximum absolute atomic E-state index is 10.9. The van der Waals surface area contributed by atoms with Crippen LogP contribution in [0.4, 0.5) is 4.79 Å². The molecule has 1 unspecified atom stereocenters. The number of rotatable bonds is 4. The zero-order chi connectivity index (χ0) is 11.3. The van der Waals surface area contributed by atoms with Gasteiger partial charge in [-0.1, -0.05) is 20.3 Å². The van der Waals surface area contributed by atoms with Gasteiger partial charge in [-0.05, 0) is 25.3 Å². The van der Waals surface area contributed by atoms with Crippen molar-refractivity contribution < 1.29 is 4.79 Å². The molecule has 1 heterocycles. The number of piperidine rings is 1. The predicted molar refractivity (Wildman–Crippen MR) is 61.6 cm³/mol. The van der Waals surface area contributed by atoms with Crippen LogP contribution in [0.25, 0.3) is 0 Å². The Morgan fingerprint density at radius 2 is 2.13 bits per heavy atom. The van der Waals surface area contributed by atoms with Gasteiger partial charge in [0.05, 0.1) is 0 Å². The Labute approximate surface area is 92.2 Å². The van der Waals surface area contributed by atoms with E-state index in [1.165, 1.54) is 6.42 Å². The van der Waals surface area contributed by atoms with Crippen LogP contribution >= 0.6 is 0 Å². The number of hydrogen-bond donors (Lipinski definition) is 2. The highest BCUT2D eigenvalue weighted by Gasteiger charge is 2.20. The third-order valence-electron chi connectivity index (χ3n) is 3.26. The molecule has 3 N–H and O–H groups in total. The number of carbonyl (C=O) groups is 1. The van der Waals surface area contributed by atoms with Gasteiger partial charge in [0.2, 0.25) is 0 Å². The molecule has 0 spiro atoms. The Kier molecular flexibility index (Phi) is 4.88. The van der Waals surface area contributed by atoms with E-state index in [-0.39, 0.29) is 6.03 Å². The Bertz CT molecular complexity index is 200. The zero-order valence-electron chi connectivity index (χ0n) is 9.83. The first-order valence-electron chi connectivity index (χ1n) is 5.91. The third kappa shape index (κ3) is 4.08. The number of carbonyl (C=O) groups excluding carboxylic acids is 1. The molecule has 1 fully saturated rings. The SMILES string of the molecule is CCC(C)CNC1CCN(C(N)=O)CC1. The molecule has 88 valence electrons. The highest BCUT2D eigenvalue weighted by Crippen LogP contribution is 2.10. The van der Waals surface area contributed by atoms with E-state index in [2.05, 4.69) is 19.2 Å². The van der Waals surface area contributed by atoms with Gasteiger partial charge in [-0.15, -0.1) is 0 Å². The molecule has 4 nitrogen and oxygen atoms in total. The topological polar surface area (TPSA) is 58.4 Å². The lowest BCUT2D eigenvalue weighted by molar-refractivity contribution is 0.184. The molecule has 1 aliphatic rings. The number of hydrogen-bond acceptors (Lipinski definition) is 2. The summed E-state index contributed by atoms with van der Waals surface area (Å²) in [6, 6.07) is 0.282. The molecular weight excluding hydrogens is 190 g/mol. The van der Waals surface area contributed by atoms with Gasteiger partial charge in [-0.3, -0.25) is 0 Å². The Hall–Kier alpha value is -0.770. The maximum Gasteiger partial charge on any atom is 0.314 e. The number of nitrogens with two attached hydrogens (primary N) is 1. The van der Waals surface area contributed by atoms with E-state index in [9.17, 15) is 4.79 Å². The molecule has 0 aliphatic carbocycles. The van der Waals surface area contributed by atoms with Crippen molar-refractivity contribution in [2.45, 2.75) is 39.2 Å².